The van der Waals surface area contributed by atoms with Crippen molar-refractivity contribution in [2.45, 2.75) is 53.8 Å². The molecule has 0 bridgehead atoms. The van der Waals surface area contributed by atoms with Crippen LogP contribution >= 0.6 is 0 Å². The summed E-state index contributed by atoms with van der Waals surface area (Å²) < 4.78 is 37.6. The van der Waals surface area contributed by atoms with Gasteiger partial charge in [0.1, 0.15) is 47.7 Å². The van der Waals surface area contributed by atoms with Crippen LogP contribution in [0, 0.1) is 48.1 Å². The Bertz CT molecular complexity index is 2010. The minimum atomic E-state index is -0.529. The second-order valence-electron chi connectivity index (χ2n) is 11.8. The number of nitrogens with one attached hydrogen (secondary N) is 2. The maximum Gasteiger partial charge on any atom is 0.253 e. The molecule has 0 aliphatic carbocycles. The molecule has 2 N–H and O–H groups in total. The van der Waals surface area contributed by atoms with E-state index in [-0.39, 0.29) is 23.1 Å². The lowest BCUT2D eigenvalue weighted by Gasteiger charge is -2.16. The largest absolute Gasteiger partial charge is 0.466 e. The van der Waals surface area contributed by atoms with Crippen molar-refractivity contribution >= 4 is 23.3 Å². The summed E-state index contributed by atoms with van der Waals surface area (Å²) in [5.74, 6) is 1.59. The predicted molar refractivity (Wildman–Crippen MR) is 189 cm³/mol. The number of halogens is 2. The van der Waals surface area contributed by atoms with Crippen molar-refractivity contribution in [1.29, 1.82) is 10.5 Å². The summed E-state index contributed by atoms with van der Waals surface area (Å²) in [6, 6.07) is 9.60. The molecule has 52 heavy (non-hydrogen) atoms. The number of hydrogen-bond acceptors (Lipinski definition) is 14. The lowest BCUT2D eigenvalue weighted by Crippen LogP contribution is -2.14. The van der Waals surface area contributed by atoms with Gasteiger partial charge in [0.25, 0.3) is 11.8 Å². The van der Waals surface area contributed by atoms with Crippen molar-refractivity contribution in [2.24, 2.45) is 9.98 Å². The number of rotatable bonds is 8. The van der Waals surface area contributed by atoms with E-state index in [0.717, 1.165) is 23.5 Å². The molecule has 0 aromatic carbocycles. The fourth-order valence-electron chi connectivity index (χ4n) is 4.73. The molecule has 0 unspecified atom stereocenters. The van der Waals surface area contributed by atoms with E-state index in [1.807, 2.05) is 38.1 Å². The third kappa shape index (κ3) is 9.30. The summed E-state index contributed by atoms with van der Waals surface area (Å²) in [6.45, 7) is 12.2. The molecule has 2 aliphatic heterocycles. The number of nitrogens with zero attached hydrogens (tertiary/aromatic N) is 10. The molecule has 0 amide bonds. The average Bonchev–Trinajstić information content (AvgIpc) is 3.74. The second-order valence-corrected chi connectivity index (χ2v) is 11.8. The van der Waals surface area contributed by atoms with Crippen LogP contribution in [-0.2, 0) is 0 Å². The molecule has 2 atom stereocenters. The number of hydrogen-bond donors (Lipinski definition) is 2. The zero-order chi connectivity index (χ0) is 37.4. The van der Waals surface area contributed by atoms with Crippen molar-refractivity contribution in [3.05, 3.63) is 106 Å². The van der Waals surface area contributed by atoms with Crippen LogP contribution in [-0.4, -0.2) is 54.7 Å². The van der Waals surface area contributed by atoms with E-state index in [9.17, 15) is 19.3 Å². The Morgan fingerprint density at radius 3 is 1.37 bits per heavy atom. The molecule has 4 aromatic rings. The molecule has 4 aromatic heterocycles. The van der Waals surface area contributed by atoms with Crippen LogP contribution in [0.15, 0.2) is 69.9 Å². The molecule has 0 spiro atoms. The van der Waals surface area contributed by atoms with Crippen LogP contribution < -0.4 is 20.1 Å². The van der Waals surface area contributed by atoms with Gasteiger partial charge in [0.2, 0.25) is 11.4 Å². The quantitative estimate of drug-likeness (QED) is 0.211. The molecule has 0 saturated carbocycles. The molecule has 2 aliphatic rings. The lowest BCUT2D eigenvalue weighted by atomic mass is 10.2. The van der Waals surface area contributed by atoms with Crippen LogP contribution in [0.4, 0.5) is 20.4 Å². The highest BCUT2D eigenvalue weighted by Crippen LogP contribution is 2.26. The number of ether oxygens (including phenoxy) is 2. The summed E-state index contributed by atoms with van der Waals surface area (Å²) in [7, 11) is 0. The minimum absolute atomic E-state index is 0.0714. The van der Waals surface area contributed by atoms with Gasteiger partial charge in [-0.25, -0.2) is 18.7 Å². The van der Waals surface area contributed by atoms with Crippen molar-refractivity contribution in [1.82, 2.24) is 29.9 Å². The van der Waals surface area contributed by atoms with E-state index in [1.165, 1.54) is 24.3 Å². The van der Waals surface area contributed by atoms with E-state index >= 15 is 0 Å². The van der Waals surface area contributed by atoms with E-state index in [4.69, 9.17) is 9.47 Å². The topological polar surface area (TPSA) is 192 Å². The van der Waals surface area contributed by atoms with Crippen molar-refractivity contribution in [3.63, 3.8) is 0 Å². The Morgan fingerprint density at radius 2 is 1.06 bits per heavy atom. The summed E-state index contributed by atoms with van der Waals surface area (Å²) in [5, 5.41) is 24.8. The maximum absolute atomic E-state index is 13.0. The summed E-state index contributed by atoms with van der Waals surface area (Å²) in [6.07, 6.45) is 5.01. The highest BCUT2D eigenvalue weighted by atomic mass is 19.1. The minimum Gasteiger partial charge on any atom is -0.466 e. The number of aromatic nitrogens is 6. The molecule has 6 heterocycles. The van der Waals surface area contributed by atoms with E-state index < -0.39 is 23.8 Å². The van der Waals surface area contributed by atoms with Gasteiger partial charge in [-0.2, -0.15) is 20.5 Å². The van der Waals surface area contributed by atoms with Gasteiger partial charge in [-0.3, -0.25) is 20.0 Å². The monoisotopic (exact) mass is 704 g/mol. The first-order chi connectivity index (χ1) is 24.9. The highest BCUT2D eigenvalue weighted by molar-refractivity contribution is 6.06. The van der Waals surface area contributed by atoms with Gasteiger partial charge in [-0.15, -0.1) is 0 Å². The van der Waals surface area contributed by atoms with Crippen LogP contribution in [0.1, 0.15) is 74.1 Å². The van der Waals surface area contributed by atoms with E-state index in [1.54, 1.807) is 27.7 Å². The zero-order valence-electron chi connectivity index (χ0n) is 29.2. The molecule has 0 fully saturated rings. The molecule has 14 nitrogen and oxygen atoms in total. The van der Waals surface area contributed by atoms with E-state index in [2.05, 4.69) is 50.5 Å². The number of pyridine rings is 2. The van der Waals surface area contributed by atoms with Crippen molar-refractivity contribution in [2.75, 3.05) is 23.7 Å². The normalized spacial score (nSPS) is 14.3. The highest BCUT2D eigenvalue weighted by Gasteiger charge is 2.20. The Morgan fingerprint density at radius 1 is 0.654 bits per heavy atom. The first-order valence-corrected chi connectivity index (χ1v) is 16.0. The summed E-state index contributed by atoms with van der Waals surface area (Å²) in [5.41, 5.74) is 4.57. The first kappa shape index (κ1) is 36.6. The standard InChI is InChI=1S/2C18H17FN6O/c2*1-10-6-16(22-8-10)24-17-11(2)23-15(7-20)18(25-17)26-12(3)14-5-4-13(19)9-21-14/h2*4-6,9,12H,8H2,1-3H3,(H,22,24,25)/t2*12-/m10/s1. The van der Waals surface area contributed by atoms with Gasteiger partial charge in [0, 0.05) is 0 Å². The van der Waals surface area contributed by atoms with Crippen LogP contribution in [0.3, 0.4) is 0 Å². The molecule has 264 valence electrons. The third-order valence-electron chi connectivity index (χ3n) is 7.46. The Balaban J connectivity index is 0.000000201. The number of nitriles is 2. The van der Waals surface area contributed by atoms with Crippen molar-refractivity contribution < 1.29 is 18.3 Å². The fraction of sp³-hybridized carbons (Fsp3) is 0.278. The zero-order valence-corrected chi connectivity index (χ0v) is 29.2. The molecule has 0 saturated heterocycles. The summed E-state index contributed by atoms with van der Waals surface area (Å²) in [4.78, 5) is 33.9. The Hall–Kier alpha value is -6.68. The Kier molecular flexibility index (Phi) is 11.5. The smallest absolute Gasteiger partial charge is 0.253 e. The van der Waals surface area contributed by atoms with Crippen LogP contribution in [0.5, 0.6) is 11.8 Å². The number of amidine groups is 2. The first-order valence-electron chi connectivity index (χ1n) is 16.0. The lowest BCUT2D eigenvalue weighted by molar-refractivity contribution is 0.210. The average molecular weight is 705 g/mol. The molecular formula is C36H34F2N12O2. The Labute approximate surface area is 298 Å². The summed E-state index contributed by atoms with van der Waals surface area (Å²) >= 11 is 0. The molecule has 16 heteroatoms. The number of anilines is 2. The SMILES string of the molecule is CC1=CC(Nc2nc(O[C@@H](C)c3ccc(F)cn3)c(C#N)nc2C)=NC1.CC1=CC(Nc2nc(O[C@H](C)c3ccc(F)cn3)c(C#N)nc2C)=NC1. The van der Waals surface area contributed by atoms with Crippen molar-refractivity contribution in [3.8, 4) is 23.9 Å². The van der Waals surface area contributed by atoms with Crippen LogP contribution in [0.25, 0.3) is 0 Å². The number of aryl methyl sites for hydroxylation is 2. The molecular weight excluding hydrogens is 670 g/mol. The second kappa shape index (κ2) is 16.4. The van der Waals surface area contributed by atoms with E-state index in [0.29, 0.717) is 59.2 Å². The maximum atomic E-state index is 13.0. The van der Waals surface area contributed by atoms with Crippen LogP contribution in [0.2, 0.25) is 0 Å². The van der Waals surface area contributed by atoms with Gasteiger partial charge >= 0.3 is 0 Å². The molecule has 0 radical (unpaired) electrons. The van der Waals surface area contributed by atoms with Gasteiger partial charge < -0.3 is 20.1 Å². The van der Waals surface area contributed by atoms with Gasteiger partial charge in [-0.05, 0) is 89.1 Å². The third-order valence-corrected chi connectivity index (χ3v) is 7.46. The van der Waals surface area contributed by atoms with Gasteiger partial charge in [-0.1, -0.05) is 0 Å². The molecule has 6 rings (SSSR count). The van der Waals surface area contributed by atoms with Gasteiger partial charge in [0.05, 0.1) is 48.3 Å². The predicted octanol–water partition coefficient (Wildman–Crippen LogP) is 6.20. The van der Waals surface area contributed by atoms with Gasteiger partial charge in [0.15, 0.2) is 11.6 Å². The fourth-order valence-corrected chi connectivity index (χ4v) is 4.73. The number of aliphatic imine (C=N–C) groups is 2.